The van der Waals surface area contributed by atoms with Crippen molar-refractivity contribution in [3.63, 3.8) is 0 Å². The molecule has 1 fully saturated rings. The van der Waals surface area contributed by atoms with Gasteiger partial charge >= 0.3 is 6.03 Å². The van der Waals surface area contributed by atoms with Crippen molar-refractivity contribution in [3.05, 3.63) is 16.8 Å². The molecule has 1 atom stereocenters. The molecule has 1 saturated heterocycles. The number of nitrogens with two attached hydrogens (primary N) is 1. The van der Waals surface area contributed by atoms with Gasteiger partial charge in [0.05, 0.1) is 5.39 Å². The molecule has 0 saturated carbocycles. The second-order valence-electron chi connectivity index (χ2n) is 5.49. The number of amides is 2. The number of primary amides is 1. The van der Waals surface area contributed by atoms with E-state index < -0.39 is 0 Å². The van der Waals surface area contributed by atoms with Gasteiger partial charge in [-0.05, 0) is 37.6 Å². The predicted octanol–water partition coefficient (Wildman–Crippen LogP) is 2.26. The van der Waals surface area contributed by atoms with E-state index in [9.17, 15) is 4.79 Å². The molecule has 2 aromatic heterocycles. The molecule has 112 valence electrons. The number of rotatable bonds is 2. The molecule has 7 heteroatoms. The monoisotopic (exact) mass is 305 g/mol. The maximum atomic E-state index is 11.3. The minimum atomic E-state index is -0.350. The number of nitrogens with zero attached hydrogens (tertiary/aromatic N) is 3. The van der Waals surface area contributed by atoms with Crippen LogP contribution in [0.4, 0.5) is 10.6 Å². The summed E-state index contributed by atoms with van der Waals surface area (Å²) < 4.78 is 0. The molecule has 1 unspecified atom stereocenters. The van der Waals surface area contributed by atoms with Crippen LogP contribution < -0.4 is 11.1 Å². The Morgan fingerprint density at radius 2 is 2.29 bits per heavy atom. The molecule has 3 N–H and O–H groups in total. The van der Waals surface area contributed by atoms with Gasteiger partial charge in [0.15, 0.2) is 0 Å². The van der Waals surface area contributed by atoms with Gasteiger partial charge in [-0.25, -0.2) is 14.8 Å². The van der Waals surface area contributed by atoms with E-state index in [1.165, 1.54) is 5.56 Å². The Balaban J connectivity index is 1.87. The lowest BCUT2D eigenvalue weighted by molar-refractivity contribution is 0.192. The summed E-state index contributed by atoms with van der Waals surface area (Å²) in [6.07, 6.45) is 1.97. The van der Waals surface area contributed by atoms with Gasteiger partial charge in [-0.2, -0.15) is 0 Å². The first-order valence-electron chi connectivity index (χ1n) is 7.08. The van der Waals surface area contributed by atoms with Crippen LogP contribution in [0.2, 0.25) is 0 Å². The number of carbonyl (C=O) groups excluding carboxylic acids is 1. The summed E-state index contributed by atoms with van der Waals surface area (Å²) in [7, 11) is 0. The number of hydrogen-bond acceptors (Lipinski definition) is 5. The first-order valence-corrected chi connectivity index (χ1v) is 7.96. The summed E-state index contributed by atoms with van der Waals surface area (Å²) in [5.74, 6) is 1.63. The molecule has 0 radical (unpaired) electrons. The van der Waals surface area contributed by atoms with Crippen molar-refractivity contribution < 1.29 is 4.79 Å². The maximum absolute atomic E-state index is 11.3. The van der Waals surface area contributed by atoms with Gasteiger partial charge < -0.3 is 16.0 Å². The summed E-state index contributed by atoms with van der Waals surface area (Å²) >= 11 is 1.63. The molecule has 1 aliphatic heterocycles. The largest absolute Gasteiger partial charge is 0.365 e. The zero-order valence-corrected chi connectivity index (χ0v) is 13.0. The fourth-order valence-corrected chi connectivity index (χ4v) is 3.75. The molecular formula is C14H19N5OS. The summed E-state index contributed by atoms with van der Waals surface area (Å²) in [5, 5.41) is 6.67. The van der Waals surface area contributed by atoms with Crippen molar-refractivity contribution >= 4 is 33.4 Å². The smallest absolute Gasteiger partial charge is 0.314 e. The summed E-state index contributed by atoms with van der Waals surface area (Å²) in [4.78, 5) is 23.0. The van der Waals surface area contributed by atoms with Crippen LogP contribution in [0, 0.1) is 13.8 Å². The lowest BCUT2D eigenvalue weighted by Crippen LogP contribution is -2.47. The van der Waals surface area contributed by atoms with E-state index in [4.69, 9.17) is 5.73 Å². The number of likely N-dealkylation sites (tertiary alicyclic amines) is 1. The highest BCUT2D eigenvalue weighted by Gasteiger charge is 2.23. The minimum Gasteiger partial charge on any atom is -0.365 e. The van der Waals surface area contributed by atoms with Crippen LogP contribution in [0.15, 0.2) is 5.38 Å². The van der Waals surface area contributed by atoms with Crippen LogP contribution in [0.3, 0.4) is 0 Å². The lowest BCUT2D eigenvalue weighted by atomic mass is 10.1. The number of anilines is 1. The number of carbonyl (C=O) groups is 1. The van der Waals surface area contributed by atoms with E-state index in [1.807, 2.05) is 6.92 Å². The average Bonchev–Trinajstić information content (AvgIpc) is 2.80. The Morgan fingerprint density at radius 3 is 3.05 bits per heavy atom. The second-order valence-corrected chi connectivity index (χ2v) is 6.34. The highest BCUT2D eigenvalue weighted by Crippen LogP contribution is 2.30. The predicted molar refractivity (Wildman–Crippen MR) is 84.7 cm³/mol. The fourth-order valence-electron chi connectivity index (χ4n) is 2.78. The molecule has 3 rings (SSSR count). The average molecular weight is 305 g/mol. The van der Waals surface area contributed by atoms with Crippen LogP contribution in [-0.2, 0) is 0 Å². The number of nitrogens with one attached hydrogen (secondary N) is 1. The Morgan fingerprint density at radius 1 is 1.48 bits per heavy atom. The van der Waals surface area contributed by atoms with Gasteiger partial charge in [-0.15, -0.1) is 11.3 Å². The third-order valence-electron chi connectivity index (χ3n) is 3.80. The first kappa shape index (κ1) is 14.1. The van der Waals surface area contributed by atoms with Crippen molar-refractivity contribution in [2.45, 2.75) is 32.7 Å². The third-order valence-corrected chi connectivity index (χ3v) is 4.79. The van der Waals surface area contributed by atoms with E-state index in [1.54, 1.807) is 16.2 Å². The number of aromatic nitrogens is 2. The van der Waals surface area contributed by atoms with Crippen molar-refractivity contribution in [2.75, 3.05) is 18.4 Å². The van der Waals surface area contributed by atoms with Gasteiger partial charge in [0.25, 0.3) is 0 Å². The molecule has 0 aliphatic carbocycles. The fraction of sp³-hybridized carbons (Fsp3) is 0.500. The number of hydrogen-bond donors (Lipinski definition) is 2. The Kier molecular flexibility index (Phi) is 3.67. The minimum absolute atomic E-state index is 0.183. The van der Waals surface area contributed by atoms with E-state index in [2.05, 4.69) is 27.6 Å². The van der Waals surface area contributed by atoms with Crippen LogP contribution in [-0.4, -0.2) is 40.0 Å². The molecule has 2 amide bonds. The summed E-state index contributed by atoms with van der Waals surface area (Å²) in [6, 6.07) is -0.166. The molecule has 6 nitrogen and oxygen atoms in total. The molecule has 0 aromatic carbocycles. The van der Waals surface area contributed by atoms with Gasteiger partial charge in [0.1, 0.15) is 16.5 Å². The molecule has 2 aromatic rings. The standard InChI is InChI=1S/C14H19N5OS/c1-8-7-21-13-11(8)12(16-9(2)17-13)18-10-4-3-5-19(6-10)14(15)20/h7,10H,3-6H2,1-2H3,(H2,15,20)(H,16,17,18). The van der Waals surface area contributed by atoms with Crippen molar-refractivity contribution in [2.24, 2.45) is 5.73 Å². The number of fused-ring (bicyclic) bond motifs is 1. The van der Waals surface area contributed by atoms with Gasteiger partial charge in [0, 0.05) is 19.1 Å². The number of aryl methyl sites for hydroxylation is 2. The zero-order valence-electron chi connectivity index (χ0n) is 12.2. The Bertz CT molecular complexity index is 683. The van der Waals surface area contributed by atoms with E-state index in [-0.39, 0.29) is 12.1 Å². The van der Waals surface area contributed by atoms with Gasteiger partial charge in [-0.1, -0.05) is 0 Å². The third kappa shape index (κ3) is 2.78. The quantitative estimate of drug-likeness (QED) is 0.891. The van der Waals surface area contributed by atoms with Crippen LogP contribution in [0.25, 0.3) is 10.2 Å². The first-order chi connectivity index (χ1) is 10.0. The summed E-state index contributed by atoms with van der Waals surface area (Å²) in [5.41, 5.74) is 6.56. The highest BCUT2D eigenvalue weighted by molar-refractivity contribution is 7.17. The molecular weight excluding hydrogens is 286 g/mol. The van der Waals surface area contributed by atoms with Crippen LogP contribution in [0.1, 0.15) is 24.2 Å². The molecule has 21 heavy (non-hydrogen) atoms. The normalized spacial score (nSPS) is 19.0. The second kappa shape index (κ2) is 5.48. The zero-order chi connectivity index (χ0) is 15.0. The van der Waals surface area contributed by atoms with E-state index >= 15 is 0 Å². The molecule has 1 aliphatic rings. The molecule has 0 bridgehead atoms. The van der Waals surface area contributed by atoms with E-state index in [0.29, 0.717) is 6.54 Å². The van der Waals surface area contributed by atoms with Gasteiger partial charge in [-0.3, -0.25) is 0 Å². The van der Waals surface area contributed by atoms with Crippen molar-refractivity contribution in [1.82, 2.24) is 14.9 Å². The Labute approximate surface area is 127 Å². The molecule has 3 heterocycles. The SMILES string of the molecule is Cc1nc(NC2CCCN(C(N)=O)C2)c2c(C)csc2n1. The topological polar surface area (TPSA) is 84.1 Å². The maximum Gasteiger partial charge on any atom is 0.314 e. The van der Waals surface area contributed by atoms with Crippen molar-refractivity contribution in [1.29, 1.82) is 0 Å². The lowest BCUT2D eigenvalue weighted by Gasteiger charge is -2.32. The Hall–Kier alpha value is -1.89. The molecule has 0 spiro atoms. The highest BCUT2D eigenvalue weighted by atomic mass is 32.1. The number of piperidine rings is 1. The van der Waals surface area contributed by atoms with Gasteiger partial charge in [0.2, 0.25) is 0 Å². The number of thiophene rings is 1. The number of urea groups is 1. The van der Waals surface area contributed by atoms with Crippen LogP contribution in [0.5, 0.6) is 0 Å². The summed E-state index contributed by atoms with van der Waals surface area (Å²) in [6.45, 7) is 5.34. The van der Waals surface area contributed by atoms with Crippen molar-refractivity contribution in [3.8, 4) is 0 Å². The van der Waals surface area contributed by atoms with E-state index in [0.717, 1.165) is 41.2 Å². The van der Waals surface area contributed by atoms with Crippen LogP contribution >= 0.6 is 11.3 Å².